The van der Waals surface area contributed by atoms with E-state index in [1.165, 1.54) is 11.3 Å². The van der Waals surface area contributed by atoms with Gasteiger partial charge in [0, 0.05) is 6.54 Å². The van der Waals surface area contributed by atoms with E-state index < -0.39 is 0 Å². The molecule has 1 amide bonds. The number of nitrogens with zero attached hydrogens (tertiary/aromatic N) is 1. The lowest BCUT2D eigenvalue weighted by atomic mass is 9.85. The lowest BCUT2D eigenvalue weighted by Crippen LogP contribution is -2.33. The Morgan fingerprint density at radius 2 is 1.78 bits per heavy atom. The van der Waals surface area contributed by atoms with E-state index in [-0.39, 0.29) is 5.91 Å². The highest BCUT2D eigenvalue weighted by Crippen LogP contribution is 2.21. The number of amides is 1. The number of carbonyl (C=O) groups is 1. The van der Waals surface area contributed by atoms with Crippen molar-refractivity contribution in [3.63, 3.8) is 0 Å². The zero-order chi connectivity index (χ0) is 13.9. The number of hydrogen-bond acceptors (Lipinski definition) is 3. The van der Waals surface area contributed by atoms with Gasteiger partial charge in [0.05, 0.1) is 10.7 Å². The summed E-state index contributed by atoms with van der Waals surface area (Å²) in [5, 5.41) is 3.99. The maximum Gasteiger partial charge on any atom is 0.263 e. The highest BCUT2D eigenvalue weighted by Gasteiger charge is 2.20. The van der Waals surface area contributed by atoms with Gasteiger partial charge in [0.25, 0.3) is 5.91 Å². The Bertz CT molecular complexity index is 402. The molecule has 0 spiro atoms. The highest BCUT2D eigenvalue weighted by atomic mass is 32.1. The van der Waals surface area contributed by atoms with Crippen LogP contribution in [-0.4, -0.2) is 17.4 Å². The summed E-state index contributed by atoms with van der Waals surface area (Å²) >= 11 is 1.47. The molecule has 4 heteroatoms. The van der Waals surface area contributed by atoms with Crippen LogP contribution in [0.3, 0.4) is 0 Å². The predicted molar refractivity (Wildman–Crippen MR) is 77.1 cm³/mol. The second-order valence-electron chi connectivity index (χ2n) is 5.51. The largest absolute Gasteiger partial charge is 0.351 e. The maximum absolute atomic E-state index is 12.1. The molecule has 1 rings (SSSR count). The predicted octanol–water partition coefficient (Wildman–Crippen LogP) is 3.42. The zero-order valence-corrected chi connectivity index (χ0v) is 13.0. The lowest BCUT2D eigenvalue weighted by molar-refractivity contribution is 0.0940. The summed E-state index contributed by atoms with van der Waals surface area (Å²) in [5.41, 5.74) is 0.834. The molecular weight excluding hydrogens is 244 g/mol. The number of aromatic nitrogens is 1. The standard InChI is InChI=1S/C14H24N2OS/c1-8(2)12(9(3)4)7-15-14(17)13-10(5)16-11(6)18-13/h8-9,12H,7H2,1-6H3,(H,15,17). The second kappa shape index (κ2) is 6.32. The molecular formula is C14H24N2OS. The summed E-state index contributed by atoms with van der Waals surface area (Å²) in [7, 11) is 0. The molecule has 0 saturated heterocycles. The van der Waals surface area contributed by atoms with Crippen LogP contribution in [0.25, 0.3) is 0 Å². The van der Waals surface area contributed by atoms with Gasteiger partial charge in [-0.2, -0.15) is 0 Å². The van der Waals surface area contributed by atoms with E-state index in [4.69, 9.17) is 0 Å². The molecule has 0 aliphatic heterocycles. The van der Waals surface area contributed by atoms with Gasteiger partial charge in [0.1, 0.15) is 4.88 Å². The van der Waals surface area contributed by atoms with E-state index in [2.05, 4.69) is 38.0 Å². The normalized spacial score (nSPS) is 11.6. The van der Waals surface area contributed by atoms with Gasteiger partial charge in [0.2, 0.25) is 0 Å². The Balaban J connectivity index is 2.63. The third-order valence-corrected chi connectivity index (χ3v) is 4.39. The molecule has 0 aromatic carbocycles. The van der Waals surface area contributed by atoms with Gasteiger partial charge in [-0.1, -0.05) is 27.7 Å². The van der Waals surface area contributed by atoms with Crippen molar-refractivity contribution in [2.45, 2.75) is 41.5 Å². The molecule has 1 aromatic heterocycles. The SMILES string of the molecule is Cc1nc(C)c(C(=O)NCC(C(C)C)C(C)C)s1. The molecule has 0 saturated carbocycles. The number of carbonyl (C=O) groups excluding carboxylic acids is 1. The topological polar surface area (TPSA) is 42.0 Å². The van der Waals surface area contributed by atoms with Crippen LogP contribution in [0, 0.1) is 31.6 Å². The Morgan fingerprint density at radius 1 is 1.22 bits per heavy atom. The summed E-state index contributed by atoms with van der Waals surface area (Å²) in [6.07, 6.45) is 0. The van der Waals surface area contributed by atoms with Crippen LogP contribution in [0.2, 0.25) is 0 Å². The van der Waals surface area contributed by atoms with Crippen molar-refractivity contribution >= 4 is 17.2 Å². The number of nitrogens with one attached hydrogen (secondary N) is 1. The molecule has 1 aromatic rings. The number of rotatable bonds is 5. The highest BCUT2D eigenvalue weighted by molar-refractivity contribution is 7.13. The monoisotopic (exact) mass is 268 g/mol. The van der Waals surface area contributed by atoms with Crippen molar-refractivity contribution < 1.29 is 4.79 Å². The minimum atomic E-state index is 0.0180. The van der Waals surface area contributed by atoms with Crippen LogP contribution in [0.5, 0.6) is 0 Å². The van der Waals surface area contributed by atoms with Crippen LogP contribution in [0.1, 0.15) is 48.1 Å². The van der Waals surface area contributed by atoms with Crippen molar-refractivity contribution in [1.29, 1.82) is 0 Å². The van der Waals surface area contributed by atoms with E-state index in [9.17, 15) is 4.79 Å². The first kappa shape index (κ1) is 15.2. The molecule has 3 nitrogen and oxygen atoms in total. The fourth-order valence-electron chi connectivity index (χ4n) is 2.27. The van der Waals surface area contributed by atoms with Gasteiger partial charge < -0.3 is 5.32 Å². The molecule has 1 N–H and O–H groups in total. The summed E-state index contributed by atoms with van der Waals surface area (Å²) in [4.78, 5) is 17.1. The number of hydrogen-bond donors (Lipinski definition) is 1. The molecule has 102 valence electrons. The molecule has 0 atom stereocenters. The van der Waals surface area contributed by atoms with Gasteiger partial charge >= 0.3 is 0 Å². The first-order chi connectivity index (χ1) is 8.32. The van der Waals surface area contributed by atoms with Crippen LogP contribution in [0.4, 0.5) is 0 Å². The molecule has 1 heterocycles. The summed E-state index contributed by atoms with van der Waals surface area (Å²) in [6, 6.07) is 0. The van der Waals surface area contributed by atoms with E-state index >= 15 is 0 Å². The Kier molecular flexibility index (Phi) is 5.32. The number of thiazole rings is 1. The minimum absolute atomic E-state index is 0.0180. The van der Waals surface area contributed by atoms with Gasteiger partial charge in [-0.15, -0.1) is 11.3 Å². The molecule has 0 aliphatic carbocycles. The quantitative estimate of drug-likeness (QED) is 0.889. The first-order valence-corrected chi connectivity index (χ1v) is 7.36. The Labute approximate surface area is 114 Å². The minimum Gasteiger partial charge on any atom is -0.351 e. The van der Waals surface area contributed by atoms with Crippen LogP contribution in [-0.2, 0) is 0 Å². The van der Waals surface area contributed by atoms with E-state index in [0.29, 0.717) is 17.8 Å². The summed E-state index contributed by atoms with van der Waals surface area (Å²) in [5.74, 6) is 1.69. The van der Waals surface area contributed by atoms with Crippen molar-refractivity contribution in [1.82, 2.24) is 10.3 Å². The van der Waals surface area contributed by atoms with E-state index in [0.717, 1.165) is 22.1 Å². The summed E-state index contributed by atoms with van der Waals surface area (Å²) in [6.45, 7) is 13.4. The van der Waals surface area contributed by atoms with Crippen LogP contribution < -0.4 is 5.32 Å². The molecule has 18 heavy (non-hydrogen) atoms. The van der Waals surface area contributed by atoms with Crippen molar-refractivity contribution in [3.8, 4) is 0 Å². The number of aryl methyl sites for hydroxylation is 2. The van der Waals surface area contributed by atoms with Crippen LogP contribution >= 0.6 is 11.3 Å². The van der Waals surface area contributed by atoms with Crippen molar-refractivity contribution in [2.75, 3.05) is 6.54 Å². The Morgan fingerprint density at radius 3 is 2.17 bits per heavy atom. The van der Waals surface area contributed by atoms with Gasteiger partial charge in [-0.25, -0.2) is 4.98 Å². The third kappa shape index (κ3) is 3.80. The molecule has 0 bridgehead atoms. The van der Waals surface area contributed by atoms with Crippen molar-refractivity contribution in [3.05, 3.63) is 15.6 Å². The molecule has 0 aliphatic rings. The van der Waals surface area contributed by atoms with E-state index in [1.54, 1.807) is 0 Å². The van der Waals surface area contributed by atoms with Gasteiger partial charge in [-0.3, -0.25) is 4.79 Å². The second-order valence-corrected chi connectivity index (χ2v) is 6.71. The Hall–Kier alpha value is -0.900. The average molecular weight is 268 g/mol. The maximum atomic E-state index is 12.1. The smallest absolute Gasteiger partial charge is 0.263 e. The molecule has 0 fully saturated rings. The fourth-order valence-corrected chi connectivity index (χ4v) is 3.11. The molecule has 0 radical (unpaired) electrons. The molecule has 0 unspecified atom stereocenters. The average Bonchev–Trinajstić information content (AvgIpc) is 2.56. The summed E-state index contributed by atoms with van der Waals surface area (Å²) < 4.78 is 0. The lowest BCUT2D eigenvalue weighted by Gasteiger charge is -2.24. The first-order valence-electron chi connectivity index (χ1n) is 6.55. The van der Waals surface area contributed by atoms with Crippen LogP contribution in [0.15, 0.2) is 0 Å². The third-order valence-electron chi connectivity index (χ3n) is 3.32. The van der Waals surface area contributed by atoms with E-state index in [1.807, 2.05) is 13.8 Å². The van der Waals surface area contributed by atoms with Crippen molar-refractivity contribution in [2.24, 2.45) is 17.8 Å². The zero-order valence-electron chi connectivity index (χ0n) is 12.2. The van der Waals surface area contributed by atoms with Gasteiger partial charge in [0.15, 0.2) is 0 Å². The fraction of sp³-hybridized carbons (Fsp3) is 0.714. The van der Waals surface area contributed by atoms with Gasteiger partial charge in [-0.05, 0) is 31.6 Å².